The molecule has 0 bridgehead atoms. The molecule has 3 rings (SSSR count). The molecule has 6 nitrogen and oxygen atoms in total. The number of fused-ring (bicyclic) bond motifs is 1. The summed E-state index contributed by atoms with van der Waals surface area (Å²) >= 11 is 0. The standard InChI is InChI=1S/C19H21NO5/c1-21-17-8-13(9-18(22-2)19(17)23-3)10-20-11-14-12-24-15-6-4-5-7-16(15)25-14/h4-10,14H,11-12H2,1-3H3. The summed E-state index contributed by atoms with van der Waals surface area (Å²) in [5, 5.41) is 0. The van der Waals surface area contributed by atoms with Crippen molar-refractivity contribution in [3.63, 3.8) is 0 Å². The van der Waals surface area contributed by atoms with Gasteiger partial charge in [-0.15, -0.1) is 0 Å². The first-order chi connectivity index (χ1) is 12.2. The van der Waals surface area contributed by atoms with Gasteiger partial charge in [-0.25, -0.2) is 0 Å². The van der Waals surface area contributed by atoms with Gasteiger partial charge in [-0.3, -0.25) is 4.99 Å². The number of hydrogen-bond acceptors (Lipinski definition) is 6. The Balaban J connectivity index is 1.69. The number of para-hydroxylation sites is 2. The van der Waals surface area contributed by atoms with Gasteiger partial charge in [0.2, 0.25) is 5.75 Å². The molecule has 0 saturated heterocycles. The van der Waals surface area contributed by atoms with Crippen molar-refractivity contribution in [2.45, 2.75) is 6.10 Å². The highest BCUT2D eigenvalue weighted by Gasteiger charge is 2.19. The average Bonchev–Trinajstić information content (AvgIpc) is 2.67. The molecule has 1 aliphatic rings. The van der Waals surface area contributed by atoms with Gasteiger partial charge >= 0.3 is 0 Å². The van der Waals surface area contributed by atoms with Crippen LogP contribution in [0.4, 0.5) is 0 Å². The highest BCUT2D eigenvalue weighted by atomic mass is 16.6. The zero-order chi connectivity index (χ0) is 17.6. The lowest BCUT2D eigenvalue weighted by molar-refractivity contribution is 0.0973. The van der Waals surface area contributed by atoms with Crippen LogP contribution in [0.15, 0.2) is 41.4 Å². The Morgan fingerprint density at radius 1 is 1.04 bits per heavy atom. The van der Waals surface area contributed by atoms with E-state index in [1.54, 1.807) is 27.5 Å². The monoisotopic (exact) mass is 343 g/mol. The van der Waals surface area contributed by atoms with Gasteiger partial charge in [0, 0.05) is 6.21 Å². The van der Waals surface area contributed by atoms with E-state index in [9.17, 15) is 0 Å². The van der Waals surface area contributed by atoms with Crippen molar-refractivity contribution in [1.29, 1.82) is 0 Å². The molecular weight excluding hydrogens is 322 g/mol. The van der Waals surface area contributed by atoms with Crippen molar-refractivity contribution in [2.24, 2.45) is 4.99 Å². The van der Waals surface area contributed by atoms with Crippen LogP contribution in [0.5, 0.6) is 28.7 Å². The van der Waals surface area contributed by atoms with Crippen molar-refractivity contribution >= 4 is 6.21 Å². The van der Waals surface area contributed by atoms with Crippen LogP contribution in [-0.4, -0.2) is 46.8 Å². The van der Waals surface area contributed by atoms with E-state index in [-0.39, 0.29) is 6.10 Å². The van der Waals surface area contributed by atoms with Crippen LogP contribution >= 0.6 is 0 Å². The third kappa shape index (κ3) is 3.79. The number of aliphatic imine (C=N–C) groups is 1. The van der Waals surface area contributed by atoms with E-state index in [1.165, 1.54) is 0 Å². The van der Waals surface area contributed by atoms with Crippen molar-refractivity contribution < 1.29 is 23.7 Å². The fourth-order valence-corrected chi connectivity index (χ4v) is 2.60. The Kier molecular flexibility index (Phi) is 5.28. The topological polar surface area (TPSA) is 58.5 Å². The lowest BCUT2D eigenvalue weighted by atomic mass is 10.2. The first-order valence-electron chi connectivity index (χ1n) is 7.93. The first kappa shape index (κ1) is 17.0. The summed E-state index contributed by atoms with van der Waals surface area (Å²) in [4.78, 5) is 4.46. The van der Waals surface area contributed by atoms with Crippen molar-refractivity contribution in [1.82, 2.24) is 0 Å². The molecule has 0 radical (unpaired) electrons. The number of methoxy groups -OCH3 is 3. The van der Waals surface area contributed by atoms with Crippen LogP contribution in [0, 0.1) is 0 Å². The van der Waals surface area contributed by atoms with Gasteiger partial charge in [-0.1, -0.05) is 12.1 Å². The summed E-state index contributed by atoms with van der Waals surface area (Å²) in [7, 11) is 4.75. The van der Waals surface area contributed by atoms with Gasteiger partial charge in [0.1, 0.15) is 6.61 Å². The molecule has 2 aromatic rings. The van der Waals surface area contributed by atoms with E-state index in [1.807, 2.05) is 36.4 Å². The van der Waals surface area contributed by atoms with Crippen LogP contribution in [0.25, 0.3) is 0 Å². The molecule has 0 N–H and O–H groups in total. The van der Waals surface area contributed by atoms with Crippen molar-refractivity contribution in [3.8, 4) is 28.7 Å². The molecule has 1 unspecified atom stereocenters. The maximum atomic E-state index is 5.89. The highest BCUT2D eigenvalue weighted by Crippen LogP contribution is 2.37. The van der Waals surface area contributed by atoms with Gasteiger partial charge in [0.05, 0.1) is 27.9 Å². The van der Waals surface area contributed by atoms with Crippen LogP contribution in [0.3, 0.4) is 0 Å². The van der Waals surface area contributed by atoms with Gasteiger partial charge in [-0.2, -0.15) is 0 Å². The molecule has 132 valence electrons. The molecule has 25 heavy (non-hydrogen) atoms. The van der Waals surface area contributed by atoms with Crippen LogP contribution < -0.4 is 23.7 Å². The second-order valence-electron chi connectivity index (χ2n) is 5.45. The molecule has 0 spiro atoms. The maximum absolute atomic E-state index is 5.89. The summed E-state index contributed by atoms with van der Waals surface area (Å²) in [6, 6.07) is 11.3. The average molecular weight is 343 g/mol. The minimum atomic E-state index is -0.117. The number of nitrogens with zero attached hydrogens (tertiary/aromatic N) is 1. The highest BCUT2D eigenvalue weighted by molar-refractivity contribution is 5.82. The summed E-state index contributed by atoms with van der Waals surface area (Å²) in [6.45, 7) is 0.967. The molecule has 1 aliphatic heterocycles. The quantitative estimate of drug-likeness (QED) is 0.755. The number of rotatable bonds is 6. The maximum Gasteiger partial charge on any atom is 0.203 e. The van der Waals surface area contributed by atoms with E-state index in [2.05, 4.69) is 4.99 Å². The Morgan fingerprint density at radius 3 is 2.36 bits per heavy atom. The summed E-state index contributed by atoms with van der Waals surface area (Å²) in [5.74, 6) is 3.26. The molecule has 0 saturated carbocycles. The normalized spacial score (nSPS) is 15.9. The van der Waals surface area contributed by atoms with Gasteiger partial charge in [0.25, 0.3) is 0 Å². The fourth-order valence-electron chi connectivity index (χ4n) is 2.60. The van der Waals surface area contributed by atoms with Crippen LogP contribution in [0.2, 0.25) is 0 Å². The largest absolute Gasteiger partial charge is 0.493 e. The molecule has 1 heterocycles. The minimum absolute atomic E-state index is 0.117. The van der Waals surface area contributed by atoms with E-state index >= 15 is 0 Å². The third-order valence-corrected chi connectivity index (χ3v) is 3.80. The van der Waals surface area contributed by atoms with Gasteiger partial charge in [-0.05, 0) is 29.8 Å². The Morgan fingerprint density at radius 2 is 1.72 bits per heavy atom. The number of ether oxygens (including phenoxy) is 5. The zero-order valence-corrected chi connectivity index (χ0v) is 14.5. The van der Waals surface area contributed by atoms with E-state index < -0.39 is 0 Å². The van der Waals surface area contributed by atoms with Crippen molar-refractivity contribution in [3.05, 3.63) is 42.0 Å². The minimum Gasteiger partial charge on any atom is -0.493 e. The summed E-state index contributed by atoms with van der Waals surface area (Å²) in [5.41, 5.74) is 0.853. The molecule has 2 aromatic carbocycles. The third-order valence-electron chi connectivity index (χ3n) is 3.80. The molecule has 0 aliphatic carbocycles. The molecular formula is C19H21NO5. The van der Waals surface area contributed by atoms with E-state index in [0.29, 0.717) is 30.4 Å². The SMILES string of the molecule is COc1cc(C=NCC2COc3ccccc3O2)cc(OC)c1OC. The molecule has 0 fully saturated rings. The van der Waals surface area contributed by atoms with E-state index in [0.717, 1.165) is 17.1 Å². The van der Waals surface area contributed by atoms with Crippen molar-refractivity contribution in [2.75, 3.05) is 34.5 Å². The van der Waals surface area contributed by atoms with Crippen LogP contribution in [0.1, 0.15) is 5.56 Å². The molecule has 1 atom stereocenters. The number of hydrogen-bond donors (Lipinski definition) is 0. The molecule has 0 amide bonds. The number of benzene rings is 2. The fraction of sp³-hybridized carbons (Fsp3) is 0.316. The Labute approximate surface area is 147 Å². The first-order valence-corrected chi connectivity index (χ1v) is 7.93. The predicted octanol–water partition coefficient (Wildman–Crippen LogP) is 2.97. The second kappa shape index (κ2) is 7.79. The second-order valence-corrected chi connectivity index (χ2v) is 5.45. The van der Waals surface area contributed by atoms with Gasteiger partial charge < -0.3 is 23.7 Å². The molecule has 6 heteroatoms. The molecule has 0 aromatic heterocycles. The lowest BCUT2D eigenvalue weighted by Crippen LogP contribution is -2.31. The predicted molar refractivity (Wildman–Crippen MR) is 94.9 cm³/mol. The van der Waals surface area contributed by atoms with Crippen LogP contribution in [-0.2, 0) is 0 Å². The summed E-state index contributed by atoms with van der Waals surface area (Å²) < 4.78 is 27.6. The van der Waals surface area contributed by atoms with Gasteiger partial charge in [0.15, 0.2) is 29.1 Å². The zero-order valence-electron chi connectivity index (χ0n) is 14.5. The lowest BCUT2D eigenvalue weighted by Gasteiger charge is -2.25. The van der Waals surface area contributed by atoms with E-state index in [4.69, 9.17) is 23.7 Å². The Bertz CT molecular complexity index is 734. The smallest absolute Gasteiger partial charge is 0.203 e. The Hall–Kier alpha value is -2.89. The summed E-state index contributed by atoms with van der Waals surface area (Å²) in [6.07, 6.45) is 1.64.